The van der Waals surface area contributed by atoms with Crippen LogP contribution in [0.1, 0.15) is 68.7 Å². The van der Waals surface area contributed by atoms with Crippen molar-refractivity contribution in [1.29, 1.82) is 0 Å². The predicted molar refractivity (Wildman–Crippen MR) is 110 cm³/mol. The number of hydrogen-bond donors (Lipinski definition) is 1. The first-order valence-electron chi connectivity index (χ1n) is 10.2. The minimum Gasteiger partial charge on any atom is -0.466 e. The lowest BCUT2D eigenvalue weighted by Gasteiger charge is -2.29. The van der Waals surface area contributed by atoms with Gasteiger partial charge in [0.2, 0.25) is 0 Å². The van der Waals surface area contributed by atoms with E-state index >= 15 is 0 Å². The molecule has 10 heteroatoms. The van der Waals surface area contributed by atoms with E-state index in [1.54, 1.807) is 62.3 Å². The molecule has 1 fully saturated rings. The number of esters is 1. The summed E-state index contributed by atoms with van der Waals surface area (Å²) >= 11 is 0. The molecule has 1 heterocycles. The van der Waals surface area contributed by atoms with E-state index in [1.165, 1.54) is 0 Å². The highest BCUT2D eigenvalue weighted by molar-refractivity contribution is 6.25. The standard InChI is InChI=1S/C21H34N2O8/c1-10-29-13(24)11-21(22-17(27)30-19(4,5)6)15(25)14(12(2)3)23(16(21)26)18(28)31-20(7,8)9/h12,14H,10-11H2,1-9H3,(H,22,27)/t14-,21-/m1/s1. The Balaban J connectivity index is 3.50. The molecule has 10 nitrogen and oxygen atoms in total. The molecule has 0 saturated carbocycles. The van der Waals surface area contributed by atoms with Crippen molar-refractivity contribution in [1.82, 2.24) is 10.2 Å². The van der Waals surface area contributed by atoms with Crippen molar-refractivity contribution >= 4 is 29.8 Å². The molecule has 1 aliphatic rings. The molecule has 2 atom stereocenters. The van der Waals surface area contributed by atoms with Crippen LogP contribution in [0, 0.1) is 5.92 Å². The average molecular weight is 443 g/mol. The molecule has 0 aromatic carbocycles. The molecular formula is C21H34N2O8. The number of amides is 3. The molecule has 1 rings (SSSR count). The molecule has 31 heavy (non-hydrogen) atoms. The molecule has 176 valence electrons. The second-order valence-electron chi connectivity index (χ2n) is 9.72. The van der Waals surface area contributed by atoms with Crippen molar-refractivity contribution in [2.45, 2.75) is 91.5 Å². The topological polar surface area (TPSA) is 128 Å². The maximum absolute atomic E-state index is 13.5. The van der Waals surface area contributed by atoms with Gasteiger partial charge in [0.15, 0.2) is 11.3 Å². The number of carbonyl (C=O) groups is 5. The molecule has 0 radical (unpaired) electrons. The lowest BCUT2D eigenvalue weighted by molar-refractivity contribution is -0.150. The first-order chi connectivity index (χ1) is 13.9. The zero-order valence-corrected chi connectivity index (χ0v) is 19.8. The van der Waals surface area contributed by atoms with Crippen LogP contribution in [-0.2, 0) is 28.6 Å². The number of ketones is 1. The summed E-state index contributed by atoms with van der Waals surface area (Å²) in [7, 11) is 0. The van der Waals surface area contributed by atoms with Crippen molar-refractivity contribution in [3.05, 3.63) is 0 Å². The number of Topliss-reactive ketones (excluding diaryl/α,β-unsaturated/α-hetero) is 1. The number of hydrogen-bond acceptors (Lipinski definition) is 8. The summed E-state index contributed by atoms with van der Waals surface area (Å²) < 4.78 is 15.4. The fourth-order valence-corrected chi connectivity index (χ4v) is 3.14. The number of carbonyl (C=O) groups excluding carboxylic acids is 5. The fourth-order valence-electron chi connectivity index (χ4n) is 3.14. The number of nitrogens with one attached hydrogen (secondary N) is 1. The minimum atomic E-state index is -2.35. The molecule has 0 unspecified atom stereocenters. The predicted octanol–water partition coefficient (Wildman–Crippen LogP) is 2.57. The van der Waals surface area contributed by atoms with Crippen LogP contribution in [-0.4, -0.2) is 64.1 Å². The SMILES string of the molecule is CCOC(=O)C[C@@]1(NC(=O)OC(C)(C)C)C(=O)[C@@H](C(C)C)N(C(=O)OC(C)(C)C)C1=O. The molecular weight excluding hydrogens is 408 g/mol. The number of rotatable bonds is 5. The van der Waals surface area contributed by atoms with Crippen molar-refractivity contribution in [2.75, 3.05) is 6.61 Å². The summed E-state index contributed by atoms with van der Waals surface area (Å²) in [6, 6.07) is -1.24. The van der Waals surface area contributed by atoms with Gasteiger partial charge in [-0.05, 0) is 54.4 Å². The van der Waals surface area contributed by atoms with Crippen LogP contribution in [0.5, 0.6) is 0 Å². The first kappa shape index (κ1) is 26.4. The minimum absolute atomic E-state index is 0.00706. The molecule has 0 aromatic rings. The molecule has 1 saturated heterocycles. The van der Waals surface area contributed by atoms with E-state index in [4.69, 9.17) is 14.2 Å². The normalized spacial score (nSPS) is 21.9. The monoisotopic (exact) mass is 442 g/mol. The van der Waals surface area contributed by atoms with Crippen LogP contribution >= 0.6 is 0 Å². The van der Waals surface area contributed by atoms with Crippen molar-refractivity contribution in [3.8, 4) is 0 Å². The highest BCUT2D eigenvalue weighted by atomic mass is 16.6. The van der Waals surface area contributed by atoms with Crippen molar-refractivity contribution in [2.24, 2.45) is 5.92 Å². The van der Waals surface area contributed by atoms with Crippen LogP contribution in [0.4, 0.5) is 9.59 Å². The first-order valence-corrected chi connectivity index (χ1v) is 10.2. The number of likely N-dealkylation sites (tertiary alicyclic amines) is 1. The number of ether oxygens (including phenoxy) is 3. The Hall–Kier alpha value is -2.65. The summed E-state index contributed by atoms with van der Waals surface area (Å²) in [5.74, 6) is -3.26. The number of imide groups is 1. The van der Waals surface area contributed by atoms with Gasteiger partial charge in [0.1, 0.15) is 17.2 Å². The largest absolute Gasteiger partial charge is 0.466 e. The lowest BCUT2D eigenvalue weighted by Crippen LogP contribution is -2.60. The van der Waals surface area contributed by atoms with Gasteiger partial charge in [-0.3, -0.25) is 19.7 Å². The third-order valence-corrected chi connectivity index (χ3v) is 4.20. The molecule has 0 bridgehead atoms. The molecule has 0 aromatic heterocycles. The van der Waals surface area contributed by atoms with Gasteiger partial charge in [0.05, 0.1) is 13.0 Å². The average Bonchev–Trinajstić information content (AvgIpc) is 2.73. The Bertz CT molecular complexity index is 747. The van der Waals surface area contributed by atoms with E-state index in [1.807, 2.05) is 0 Å². The molecule has 3 amide bonds. The summed E-state index contributed by atoms with van der Waals surface area (Å²) in [4.78, 5) is 65.2. The number of alkyl carbamates (subject to hydrolysis) is 1. The third kappa shape index (κ3) is 6.41. The van der Waals surface area contributed by atoms with Gasteiger partial charge in [-0.25, -0.2) is 14.5 Å². The molecule has 1 N–H and O–H groups in total. The van der Waals surface area contributed by atoms with E-state index < -0.39 is 65.0 Å². The second-order valence-corrected chi connectivity index (χ2v) is 9.72. The van der Waals surface area contributed by atoms with Gasteiger partial charge in [0, 0.05) is 0 Å². The van der Waals surface area contributed by atoms with Gasteiger partial charge >= 0.3 is 18.2 Å². The fraction of sp³-hybridized carbons (Fsp3) is 0.762. The highest BCUT2D eigenvalue weighted by Gasteiger charge is 2.64. The van der Waals surface area contributed by atoms with Crippen LogP contribution < -0.4 is 5.32 Å². The van der Waals surface area contributed by atoms with E-state index in [-0.39, 0.29) is 6.61 Å². The van der Waals surface area contributed by atoms with Crippen LogP contribution in [0.3, 0.4) is 0 Å². The van der Waals surface area contributed by atoms with Gasteiger partial charge in [-0.1, -0.05) is 13.8 Å². The maximum atomic E-state index is 13.5. The van der Waals surface area contributed by atoms with E-state index in [0.717, 1.165) is 0 Å². The Morgan fingerprint density at radius 1 is 1.03 bits per heavy atom. The smallest absolute Gasteiger partial charge is 0.417 e. The molecule has 0 aliphatic carbocycles. The van der Waals surface area contributed by atoms with Gasteiger partial charge in [-0.2, -0.15) is 0 Å². The van der Waals surface area contributed by atoms with Crippen LogP contribution in [0.2, 0.25) is 0 Å². The van der Waals surface area contributed by atoms with Gasteiger partial charge in [-0.15, -0.1) is 0 Å². The maximum Gasteiger partial charge on any atom is 0.417 e. The molecule has 0 spiro atoms. The Labute approximate surface area is 182 Å². The Kier molecular flexibility index (Phi) is 7.86. The summed E-state index contributed by atoms with van der Waals surface area (Å²) in [5.41, 5.74) is -4.21. The Morgan fingerprint density at radius 2 is 1.55 bits per heavy atom. The van der Waals surface area contributed by atoms with Crippen molar-refractivity contribution in [3.63, 3.8) is 0 Å². The Morgan fingerprint density at radius 3 is 1.97 bits per heavy atom. The molecule has 1 aliphatic heterocycles. The highest BCUT2D eigenvalue weighted by Crippen LogP contribution is 2.34. The van der Waals surface area contributed by atoms with Gasteiger partial charge < -0.3 is 14.2 Å². The zero-order chi connectivity index (χ0) is 24.4. The van der Waals surface area contributed by atoms with E-state index in [0.29, 0.717) is 4.90 Å². The zero-order valence-electron chi connectivity index (χ0n) is 19.8. The van der Waals surface area contributed by atoms with E-state index in [9.17, 15) is 24.0 Å². The lowest BCUT2D eigenvalue weighted by atomic mass is 9.87. The van der Waals surface area contributed by atoms with Crippen molar-refractivity contribution < 1.29 is 38.2 Å². The summed E-state index contributed by atoms with van der Waals surface area (Å²) in [6.45, 7) is 14.5. The third-order valence-electron chi connectivity index (χ3n) is 4.20. The number of nitrogens with zero attached hydrogens (tertiary/aromatic N) is 1. The van der Waals surface area contributed by atoms with E-state index in [2.05, 4.69) is 5.32 Å². The summed E-state index contributed by atoms with van der Waals surface area (Å²) in [6.07, 6.45) is -2.89. The summed E-state index contributed by atoms with van der Waals surface area (Å²) in [5, 5.41) is 2.26. The quantitative estimate of drug-likeness (QED) is 0.391. The second kappa shape index (κ2) is 9.23. The van der Waals surface area contributed by atoms with Crippen LogP contribution in [0.15, 0.2) is 0 Å². The van der Waals surface area contributed by atoms with Gasteiger partial charge in [0.25, 0.3) is 5.91 Å². The van der Waals surface area contributed by atoms with Crippen LogP contribution in [0.25, 0.3) is 0 Å².